The maximum atomic E-state index is 13.9. The first kappa shape index (κ1) is 30.3. The van der Waals surface area contributed by atoms with E-state index >= 15 is 0 Å². The maximum absolute atomic E-state index is 13.9. The van der Waals surface area contributed by atoms with Crippen LogP contribution >= 0.6 is 11.3 Å². The minimum Gasteiger partial charge on any atom is -0.548 e. The number of aliphatic carboxylic acids is 2. The second kappa shape index (κ2) is 12.6. The molecular weight excluding hydrogens is 578 g/mol. The van der Waals surface area contributed by atoms with Gasteiger partial charge in [0.25, 0.3) is 11.8 Å². The lowest BCUT2D eigenvalue weighted by Gasteiger charge is -2.37. The summed E-state index contributed by atoms with van der Waals surface area (Å²) in [5, 5.41) is 31.4. The van der Waals surface area contributed by atoms with Crippen molar-refractivity contribution < 1.29 is 39.0 Å². The average Bonchev–Trinajstić information content (AvgIpc) is 3.79. The van der Waals surface area contributed by atoms with Gasteiger partial charge in [0.05, 0.1) is 28.9 Å². The Morgan fingerprint density at radius 2 is 1.33 bits per heavy atom. The van der Waals surface area contributed by atoms with Gasteiger partial charge in [-0.1, -0.05) is 18.9 Å². The fourth-order valence-electron chi connectivity index (χ4n) is 6.58. The second-order valence-electron chi connectivity index (χ2n) is 11.4. The average molecular weight is 612 g/mol. The molecule has 4 amide bonds. The van der Waals surface area contributed by atoms with Crippen LogP contribution in [0.3, 0.4) is 0 Å². The molecule has 14 heteroatoms. The number of nitrogens with zero attached hydrogens (tertiary/aromatic N) is 3. The van der Waals surface area contributed by atoms with E-state index in [-0.39, 0.29) is 31.8 Å². The second-order valence-corrected chi connectivity index (χ2v) is 12.4. The van der Waals surface area contributed by atoms with E-state index in [0.717, 1.165) is 0 Å². The molecule has 0 aromatic carbocycles. The number of carbonyl (C=O) groups is 6. The predicted molar refractivity (Wildman–Crippen MR) is 148 cm³/mol. The van der Waals surface area contributed by atoms with E-state index in [9.17, 15) is 39.0 Å². The number of likely N-dealkylation sites (tertiary alicyclic amines) is 2. The fourth-order valence-corrected chi connectivity index (χ4v) is 7.21. The number of hydrogen-bond acceptors (Lipinski definition) is 9. The normalized spacial score (nSPS) is 27.1. The largest absolute Gasteiger partial charge is 0.548 e. The van der Waals surface area contributed by atoms with Gasteiger partial charge in [0, 0.05) is 50.3 Å². The molecule has 0 spiro atoms. The van der Waals surface area contributed by atoms with Gasteiger partial charge >= 0.3 is 0 Å². The first-order valence-corrected chi connectivity index (χ1v) is 15.2. The van der Waals surface area contributed by atoms with Crippen LogP contribution in [-0.4, -0.2) is 87.2 Å². The molecule has 0 radical (unpaired) electrons. The summed E-state index contributed by atoms with van der Waals surface area (Å²) in [6, 6.07) is 2.87. The van der Waals surface area contributed by atoms with Gasteiger partial charge in [-0.15, -0.1) is 11.3 Å². The number of nitrogens with one attached hydrogen (secondary N) is 2. The number of carboxylic acid groups (broad SMARTS) is 2. The predicted octanol–water partition coefficient (Wildman–Crippen LogP) is -1.51. The first-order valence-electron chi connectivity index (χ1n) is 14.3. The van der Waals surface area contributed by atoms with E-state index in [4.69, 9.17) is 0 Å². The van der Waals surface area contributed by atoms with Crippen molar-refractivity contribution >= 4 is 46.9 Å². The fraction of sp³-hybridized carbons (Fsp3) is 0.517. The van der Waals surface area contributed by atoms with Gasteiger partial charge in [-0.25, -0.2) is 0 Å². The Balaban J connectivity index is 1.30. The number of amides is 4. The summed E-state index contributed by atoms with van der Waals surface area (Å²) in [4.78, 5) is 80.0. The van der Waals surface area contributed by atoms with Gasteiger partial charge < -0.3 is 44.8 Å². The van der Waals surface area contributed by atoms with E-state index in [2.05, 4.69) is 10.6 Å². The SMILES string of the molecule is Cn1cccc1C(=O)N[C@H]1C[C@@H](C(=O)[O-])N(C(=O)[C@H]2CCCC[C@H]2C(=O)N2C[C@@H](NC(=O)c3cccs3)C[C@H]2C(=O)[O-])C1. The molecule has 2 aliphatic heterocycles. The number of hydrogen-bond donors (Lipinski definition) is 2. The summed E-state index contributed by atoms with van der Waals surface area (Å²) in [6.07, 6.45) is 3.57. The van der Waals surface area contributed by atoms with Crippen molar-refractivity contribution in [3.8, 4) is 0 Å². The summed E-state index contributed by atoms with van der Waals surface area (Å²) >= 11 is 1.24. The zero-order chi connectivity index (χ0) is 30.8. The van der Waals surface area contributed by atoms with Crippen LogP contribution in [0.25, 0.3) is 0 Å². The number of carboxylic acids is 2. The highest BCUT2D eigenvalue weighted by molar-refractivity contribution is 7.12. The van der Waals surface area contributed by atoms with E-state index in [1.54, 1.807) is 47.5 Å². The molecule has 4 heterocycles. The van der Waals surface area contributed by atoms with Gasteiger partial charge in [0.15, 0.2) is 0 Å². The van der Waals surface area contributed by atoms with Crippen LogP contribution in [-0.2, 0) is 26.2 Å². The van der Waals surface area contributed by atoms with Gasteiger partial charge in [-0.3, -0.25) is 19.2 Å². The van der Waals surface area contributed by atoms with Crippen LogP contribution in [0.1, 0.15) is 58.7 Å². The molecule has 5 rings (SSSR count). The summed E-state index contributed by atoms with van der Waals surface area (Å²) < 4.78 is 1.62. The summed E-state index contributed by atoms with van der Waals surface area (Å²) in [6.45, 7) is -0.113. The molecule has 2 saturated heterocycles. The Hall–Kier alpha value is -4.20. The van der Waals surface area contributed by atoms with Crippen molar-refractivity contribution in [1.82, 2.24) is 25.0 Å². The lowest BCUT2D eigenvalue weighted by atomic mass is 9.77. The third-order valence-electron chi connectivity index (χ3n) is 8.70. The van der Waals surface area contributed by atoms with E-state index in [0.29, 0.717) is 36.3 Å². The van der Waals surface area contributed by atoms with Crippen molar-refractivity contribution in [1.29, 1.82) is 0 Å². The molecule has 3 fully saturated rings. The van der Waals surface area contributed by atoms with Gasteiger partial charge in [0.1, 0.15) is 5.69 Å². The zero-order valence-electron chi connectivity index (χ0n) is 23.6. The van der Waals surface area contributed by atoms with Crippen LogP contribution in [0.4, 0.5) is 0 Å². The highest BCUT2D eigenvalue weighted by Crippen LogP contribution is 2.36. The van der Waals surface area contributed by atoms with Gasteiger partial charge in [-0.05, 0) is 49.3 Å². The molecule has 0 unspecified atom stereocenters. The standard InChI is InChI=1S/C29H35N5O8S/c1-32-10-4-8-20(32)24(35)30-16-12-21(28(39)40)33(14-16)26(37)18-6-2-3-7-19(18)27(38)34-15-17(13-22(34)29(41)42)31-25(36)23-9-5-11-43-23/h4-5,8-11,16-19,21-22H,2-3,6-7,12-15H2,1H3,(H,30,35)(H,31,36)(H,39,40)(H,41,42)/p-2/t16-,17-,18-,19+,21-,22-/m0/s1. The molecule has 2 N–H and O–H groups in total. The monoisotopic (exact) mass is 611 g/mol. The van der Waals surface area contributed by atoms with Crippen molar-refractivity contribution in [3.05, 3.63) is 46.4 Å². The summed E-state index contributed by atoms with van der Waals surface area (Å²) in [5.41, 5.74) is 0.380. The van der Waals surface area contributed by atoms with Crippen molar-refractivity contribution in [2.75, 3.05) is 13.1 Å². The molecule has 2 aromatic heterocycles. The highest BCUT2D eigenvalue weighted by Gasteiger charge is 2.47. The Kier molecular flexibility index (Phi) is 8.85. The van der Waals surface area contributed by atoms with Crippen LogP contribution in [0.5, 0.6) is 0 Å². The zero-order valence-corrected chi connectivity index (χ0v) is 24.4. The Bertz CT molecular complexity index is 1410. The summed E-state index contributed by atoms with van der Waals surface area (Å²) in [7, 11) is 1.70. The molecule has 13 nitrogen and oxygen atoms in total. The lowest BCUT2D eigenvalue weighted by molar-refractivity contribution is -0.312. The van der Waals surface area contributed by atoms with Gasteiger partial charge in [0.2, 0.25) is 11.8 Å². The Morgan fingerprint density at radius 3 is 1.77 bits per heavy atom. The maximum Gasteiger partial charge on any atom is 0.268 e. The molecule has 0 bridgehead atoms. The third kappa shape index (κ3) is 6.28. The van der Waals surface area contributed by atoms with E-state index in [1.165, 1.54) is 21.1 Å². The number of aryl methyl sites for hydroxylation is 1. The molecule has 43 heavy (non-hydrogen) atoms. The van der Waals surface area contributed by atoms with Crippen LogP contribution < -0.4 is 20.8 Å². The number of rotatable bonds is 8. The number of aromatic nitrogens is 1. The van der Waals surface area contributed by atoms with Crippen molar-refractivity contribution in [3.63, 3.8) is 0 Å². The lowest BCUT2D eigenvalue weighted by Crippen LogP contribution is -2.54. The molecule has 1 aliphatic carbocycles. The molecule has 1 saturated carbocycles. The van der Waals surface area contributed by atoms with Crippen LogP contribution in [0, 0.1) is 11.8 Å². The minimum absolute atomic E-state index is 0.0298. The van der Waals surface area contributed by atoms with Crippen LogP contribution in [0.2, 0.25) is 0 Å². The van der Waals surface area contributed by atoms with E-state index < -0.39 is 65.7 Å². The highest BCUT2D eigenvalue weighted by atomic mass is 32.1. The first-order chi connectivity index (χ1) is 20.5. The molecule has 230 valence electrons. The van der Waals surface area contributed by atoms with E-state index in [1.807, 2.05) is 0 Å². The minimum atomic E-state index is -1.46. The van der Waals surface area contributed by atoms with Crippen LogP contribution in [0.15, 0.2) is 35.8 Å². The number of thiophene rings is 1. The topological polar surface area (TPSA) is 184 Å². The Morgan fingerprint density at radius 1 is 0.791 bits per heavy atom. The van der Waals surface area contributed by atoms with Crippen molar-refractivity contribution in [2.45, 2.75) is 62.7 Å². The van der Waals surface area contributed by atoms with Crippen molar-refractivity contribution in [2.24, 2.45) is 18.9 Å². The molecule has 6 atom stereocenters. The summed E-state index contributed by atoms with van der Waals surface area (Å²) in [5.74, 6) is -6.47. The third-order valence-corrected chi connectivity index (χ3v) is 9.57. The molecule has 2 aromatic rings. The Labute approximate surface area is 251 Å². The smallest absolute Gasteiger partial charge is 0.268 e. The molecular formula is C29H33N5O8S-2. The number of carbonyl (C=O) groups excluding carboxylic acids is 6. The quantitative estimate of drug-likeness (QED) is 0.361. The molecule has 3 aliphatic rings. The van der Waals surface area contributed by atoms with Gasteiger partial charge in [-0.2, -0.15) is 0 Å².